The second-order valence-electron chi connectivity index (χ2n) is 7.53. The molecule has 3 rings (SSSR count). The number of methoxy groups -OCH3 is 2. The van der Waals surface area contributed by atoms with Crippen molar-refractivity contribution < 1.29 is 19.1 Å². The first-order valence-corrected chi connectivity index (χ1v) is 11.1. The van der Waals surface area contributed by atoms with E-state index in [1.807, 2.05) is 47.4 Å². The van der Waals surface area contributed by atoms with Crippen molar-refractivity contribution in [2.24, 2.45) is 0 Å². The highest BCUT2D eigenvalue weighted by atomic mass is 79.9. The third-order valence-electron chi connectivity index (χ3n) is 5.26. The summed E-state index contributed by atoms with van der Waals surface area (Å²) in [5.41, 5.74) is 2.90. The number of benzene rings is 3. The predicted molar refractivity (Wildman–Crippen MR) is 128 cm³/mol. The Hall–Kier alpha value is -3.12. The molecule has 1 amide bonds. The van der Waals surface area contributed by atoms with Crippen LogP contribution in [0.5, 0.6) is 5.75 Å². The van der Waals surface area contributed by atoms with Crippen LogP contribution in [-0.2, 0) is 11.3 Å². The summed E-state index contributed by atoms with van der Waals surface area (Å²) in [5, 5.41) is 0. The van der Waals surface area contributed by atoms with Gasteiger partial charge in [0, 0.05) is 23.1 Å². The number of halogens is 1. The number of carbonyl (C=O) groups is 2. The summed E-state index contributed by atoms with van der Waals surface area (Å²) in [4.78, 5) is 27.5. The molecule has 0 spiro atoms. The molecule has 5 nitrogen and oxygen atoms in total. The smallest absolute Gasteiger partial charge is 0.341 e. The number of rotatable bonds is 8. The highest BCUT2D eigenvalue weighted by molar-refractivity contribution is 9.10. The molecule has 0 aromatic heterocycles. The maximum atomic E-state index is 13.5. The zero-order valence-corrected chi connectivity index (χ0v) is 20.0. The summed E-state index contributed by atoms with van der Waals surface area (Å²) in [7, 11) is 2.84. The zero-order chi connectivity index (χ0) is 23.1. The third-order valence-corrected chi connectivity index (χ3v) is 5.76. The molecule has 0 fully saturated rings. The first-order valence-electron chi connectivity index (χ1n) is 10.3. The molecule has 166 valence electrons. The van der Waals surface area contributed by atoms with Gasteiger partial charge >= 0.3 is 5.97 Å². The number of ether oxygens (including phenoxy) is 2. The van der Waals surface area contributed by atoms with Gasteiger partial charge in [0.05, 0.1) is 14.2 Å². The summed E-state index contributed by atoms with van der Waals surface area (Å²) >= 11 is 3.45. The van der Waals surface area contributed by atoms with Gasteiger partial charge in [-0.2, -0.15) is 0 Å². The van der Waals surface area contributed by atoms with Crippen molar-refractivity contribution in [3.8, 4) is 5.75 Å². The Morgan fingerprint density at radius 1 is 0.969 bits per heavy atom. The minimum absolute atomic E-state index is 0.0792. The van der Waals surface area contributed by atoms with Crippen molar-refractivity contribution in [2.45, 2.75) is 19.4 Å². The Balaban J connectivity index is 1.93. The van der Waals surface area contributed by atoms with E-state index in [0.29, 0.717) is 30.0 Å². The molecule has 32 heavy (non-hydrogen) atoms. The maximum absolute atomic E-state index is 13.5. The van der Waals surface area contributed by atoms with E-state index in [2.05, 4.69) is 35.0 Å². The van der Waals surface area contributed by atoms with Crippen molar-refractivity contribution in [1.82, 2.24) is 4.90 Å². The summed E-state index contributed by atoms with van der Waals surface area (Å²) in [5.74, 6) is 0.00415. The largest absolute Gasteiger partial charge is 0.496 e. The van der Waals surface area contributed by atoms with E-state index in [9.17, 15) is 9.59 Å². The molecule has 0 aliphatic heterocycles. The van der Waals surface area contributed by atoms with Crippen molar-refractivity contribution >= 4 is 27.8 Å². The lowest BCUT2D eigenvalue weighted by molar-refractivity contribution is 0.0597. The van der Waals surface area contributed by atoms with E-state index in [1.165, 1.54) is 14.2 Å². The molecule has 0 saturated heterocycles. The van der Waals surface area contributed by atoms with Gasteiger partial charge in [-0.25, -0.2) is 4.79 Å². The maximum Gasteiger partial charge on any atom is 0.341 e. The summed E-state index contributed by atoms with van der Waals surface area (Å²) in [6.07, 6.45) is 0. The summed E-state index contributed by atoms with van der Waals surface area (Å²) in [6, 6.07) is 22.8. The van der Waals surface area contributed by atoms with Gasteiger partial charge in [-0.1, -0.05) is 65.3 Å². The molecule has 0 unspecified atom stereocenters. The Kier molecular flexibility index (Phi) is 8.06. The van der Waals surface area contributed by atoms with E-state index in [0.717, 1.165) is 15.6 Å². The minimum Gasteiger partial charge on any atom is -0.496 e. The number of amides is 1. The standard InChI is InChI=1S/C26H26BrNO4/c1-18(20-8-5-4-6-9-20)16-28(25(29)21-10-7-11-22(27)15-21)17-19-12-13-24(31-2)23(14-19)26(30)32-3/h4-15,18H,16-17H2,1-3H3/t18-/m0/s1. The van der Waals surface area contributed by atoms with Crippen LogP contribution in [0, 0.1) is 0 Å². The van der Waals surface area contributed by atoms with Crippen LogP contribution in [0.3, 0.4) is 0 Å². The number of carbonyl (C=O) groups excluding carboxylic acids is 2. The Morgan fingerprint density at radius 2 is 1.72 bits per heavy atom. The third kappa shape index (κ3) is 5.77. The molecule has 3 aromatic carbocycles. The SMILES string of the molecule is COC(=O)c1cc(CN(C[C@H](C)c2ccccc2)C(=O)c2cccc(Br)c2)ccc1OC. The van der Waals surface area contributed by atoms with Crippen LogP contribution in [0.1, 0.15) is 44.7 Å². The zero-order valence-electron chi connectivity index (χ0n) is 18.4. The van der Waals surface area contributed by atoms with Crippen LogP contribution in [-0.4, -0.2) is 37.5 Å². The van der Waals surface area contributed by atoms with Gasteiger partial charge in [-0.3, -0.25) is 4.79 Å². The van der Waals surface area contributed by atoms with Gasteiger partial charge in [-0.15, -0.1) is 0 Å². The highest BCUT2D eigenvalue weighted by Gasteiger charge is 2.21. The Morgan fingerprint density at radius 3 is 2.38 bits per heavy atom. The van der Waals surface area contributed by atoms with Gasteiger partial charge in [0.25, 0.3) is 5.91 Å². The normalized spacial score (nSPS) is 11.5. The van der Waals surface area contributed by atoms with Crippen LogP contribution in [0.4, 0.5) is 0 Å². The quantitative estimate of drug-likeness (QED) is 0.376. The topological polar surface area (TPSA) is 55.8 Å². The van der Waals surface area contributed by atoms with Crippen LogP contribution in [0.25, 0.3) is 0 Å². The first-order chi connectivity index (χ1) is 15.4. The average Bonchev–Trinajstić information content (AvgIpc) is 2.83. The Bertz CT molecular complexity index is 1080. The molecule has 3 aromatic rings. The van der Waals surface area contributed by atoms with Gasteiger partial charge < -0.3 is 14.4 Å². The number of esters is 1. The lowest BCUT2D eigenvalue weighted by Crippen LogP contribution is -2.34. The van der Waals surface area contributed by atoms with Crippen LogP contribution in [0.2, 0.25) is 0 Å². The minimum atomic E-state index is -0.480. The fraction of sp³-hybridized carbons (Fsp3) is 0.231. The second-order valence-corrected chi connectivity index (χ2v) is 8.45. The summed E-state index contributed by atoms with van der Waals surface area (Å²) in [6.45, 7) is 2.97. The lowest BCUT2D eigenvalue weighted by atomic mass is 9.99. The van der Waals surface area contributed by atoms with Crippen LogP contribution >= 0.6 is 15.9 Å². The molecule has 0 N–H and O–H groups in total. The highest BCUT2D eigenvalue weighted by Crippen LogP contribution is 2.24. The van der Waals surface area contributed by atoms with E-state index in [-0.39, 0.29) is 11.8 Å². The monoisotopic (exact) mass is 495 g/mol. The van der Waals surface area contributed by atoms with Crippen molar-refractivity contribution in [2.75, 3.05) is 20.8 Å². The lowest BCUT2D eigenvalue weighted by Gasteiger charge is -2.27. The number of hydrogen-bond acceptors (Lipinski definition) is 4. The van der Waals surface area contributed by atoms with Crippen molar-refractivity contribution in [3.63, 3.8) is 0 Å². The molecule has 6 heteroatoms. The number of hydrogen-bond donors (Lipinski definition) is 0. The fourth-order valence-electron chi connectivity index (χ4n) is 3.58. The van der Waals surface area contributed by atoms with Gasteiger partial charge in [0.15, 0.2) is 0 Å². The molecule has 1 atom stereocenters. The second kappa shape index (κ2) is 11.0. The van der Waals surface area contributed by atoms with Crippen molar-refractivity contribution in [3.05, 3.63) is 99.5 Å². The molecule has 0 aliphatic carbocycles. The molecule has 0 radical (unpaired) electrons. The first kappa shape index (κ1) is 23.5. The van der Waals surface area contributed by atoms with E-state index in [1.54, 1.807) is 18.2 Å². The average molecular weight is 496 g/mol. The van der Waals surface area contributed by atoms with Gasteiger partial charge in [-0.05, 0) is 47.4 Å². The van der Waals surface area contributed by atoms with Gasteiger partial charge in [0.1, 0.15) is 11.3 Å². The molecular weight excluding hydrogens is 470 g/mol. The predicted octanol–water partition coefficient (Wildman–Crippen LogP) is 5.69. The molecule has 0 saturated carbocycles. The molecular formula is C26H26BrNO4. The number of nitrogens with zero attached hydrogens (tertiary/aromatic N) is 1. The molecule has 0 aliphatic rings. The van der Waals surface area contributed by atoms with Crippen molar-refractivity contribution in [1.29, 1.82) is 0 Å². The fourth-order valence-corrected chi connectivity index (χ4v) is 3.98. The molecule has 0 heterocycles. The van der Waals surface area contributed by atoms with Crippen LogP contribution < -0.4 is 4.74 Å². The van der Waals surface area contributed by atoms with Crippen LogP contribution in [0.15, 0.2) is 77.3 Å². The van der Waals surface area contributed by atoms with E-state index < -0.39 is 5.97 Å². The summed E-state index contributed by atoms with van der Waals surface area (Å²) < 4.78 is 11.0. The van der Waals surface area contributed by atoms with E-state index >= 15 is 0 Å². The van der Waals surface area contributed by atoms with Gasteiger partial charge in [0.2, 0.25) is 0 Å². The molecule has 0 bridgehead atoms. The Labute approximate surface area is 197 Å². The van der Waals surface area contributed by atoms with E-state index in [4.69, 9.17) is 9.47 Å².